The van der Waals surface area contributed by atoms with Crippen molar-refractivity contribution in [1.82, 2.24) is 4.98 Å². The molecule has 3 N–H and O–H groups in total. The molecule has 0 atom stereocenters. The average molecular weight is 181 g/mol. The molecular weight excluding hydrogens is 166 g/mol. The Morgan fingerprint density at radius 2 is 2.31 bits per heavy atom. The number of anilines is 2. The van der Waals surface area contributed by atoms with Crippen LogP contribution in [-0.2, 0) is 0 Å². The van der Waals surface area contributed by atoms with Crippen molar-refractivity contribution in [1.29, 1.82) is 0 Å². The fourth-order valence-corrected chi connectivity index (χ4v) is 1.02. The van der Waals surface area contributed by atoms with Gasteiger partial charge in [-0.25, -0.2) is 4.98 Å². The molecule has 0 saturated carbocycles. The lowest BCUT2D eigenvalue weighted by molar-refractivity contribution is 0.311. The van der Waals surface area contributed by atoms with Gasteiger partial charge in [0.25, 0.3) is 0 Å². The predicted octanol–water partition coefficient (Wildman–Crippen LogP) is 0.918. The highest BCUT2D eigenvalue weighted by Crippen LogP contribution is 2.10. The van der Waals surface area contributed by atoms with Crippen LogP contribution in [0, 0.1) is 0 Å². The van der Waals surface area contributed by atoms with E-state index in [1.54, 1.807) is 6.20 Å². The van der Waals surface area contributed by atoms with E-state index in [2.05, 4.69) is 15.6 Å². The number of nitrogens with zero attached hydrogens (tertiary/aromatic N) is 1. The molecule has 0 aliphatic heterocycles. The van der Waals surface area contributed by atoms with Gasteiger partial charge in [0.2, 0.25) is 0 Å². The van der Waals surface area contributed by atoms with Gasteiger partial charge in [0.15, 0.2) is 0 Å². The van der Waals surface area contributed by atoms with Gasteiger partial charge in [0, 0.05) is 31.0 Å². The van der Waals surface area contributed by atoms with Crippen LogP contribution >= 0.6 is 0 Å². The number of hydrogen-bond acceptors (Lipinski definition) is 4. The van der Waals surface area contributed by atoms with E-state index in [4.69, 9.17) is 5.11 Å². The van der Waals surface area contributed by atoms with Gasteiger partial charge in [-0.3, -0.25) is 0 Å². The Labute approximate surface area is 78.0 Å². The molecule has 4 nitrogen and oxygen atoms in total. The number of aromatic nitrogens is 1. The first-order valence-corrected chi connectivity index (χ1v) is 4.41. The third-order valence-corrected chi connectivity index (χ3v) is 1.56. The van der Waals surface area contributed by atoms with Gasteiger partial charge in [0.1, 0.15) is 5.82 Å². The third-order valence-electron chi connectivity index (χ3n) is 1.56. The fraction of sp³-hybridized carbons (Fsp3) is 0.444. The number of aliphatic hydroxyl groups excluding tert-OH is 1. The van der Waals surface area contributed by atoms with Crippen molar-refractivity contribution in [2.75, 3.05) is 30.3 Å². The minimum atomic E-state index is 0.138. The van der Waals surface area contributed by atoms with E-state index in [9.17, 15) is 0 Å². The molecule has 72 valence electrons. The monoisotopic (exact) mass is 181 g/mol. The maximum Gasteiger partial charge on any atom is 0.127 e. The highest BCUT2D eigenvalue weighted by atomic mass is 16.3. The fourth-order valence-electron chi connectivity index (χ4n) is 1.02. The molecule has 0 amide bonds. The maximum atomic E-state index is 8.61. The minimum absolute atomic E-state index is 0.138. The van der Waals surface area contributed by atoms with Gasteiger partial charge in [-0.2, -0.15) is 0 Å². The predicted molar refractivity (Wildman–Crippen MR) is 54.0 cm³/mol. The summed E-state index contributed by atoms with van der Waals surface area (Å²) in [6.45, 7) is 3.58. The van der Waals surface area contributed by atoms with Crippen LogP contribution in [0.5, 0.6) is 0 Å². The lowest BCUT2D eigenvalue weighted by Crippen LogP contribution is -2.06. The van der Waals surface area contributed by atoms with Crippen LogP contribution in [-0.4, -0.2) is 29.8 Å². The zero-order chi connectivity index (χ0) is 9.52. The molecule has 0 radical (unpaired) electrons. The Morgan fingerprint density at radius 1 is 1.46 bits per heavy atom. The number of rotatable bonds is 5. The van der Waals surface area contributed by atoms with Crippen molar-refractivity contribution in [2.45, 2.75) is 6.92 Å². The van der Waals surface area contributed by atoms with Crippen LogP contribution in [0.4, 0.5) is 11.5 Å². The Hall–Kier alpha value is -1.29. The second kappa shape index (κ2) is 5.37. The van der Waals surface area contributed by atoms with E-state index in [-0.39, 0.29) is 6.61 Å². The molecule has 1 aromatic heterocycles. The highest BCUT2D eigenvalue weighted by Gasteiger charge is 1.93. The quantitative estimate of drug-likeness (QED) is 0.632. The summed E-state index contributed by atoms with van der Waals surface area (Å²) in [7, 11) is 0. The van der Waals surface area contributed by atoms with E-state index in [0.29, 0.717) is 6.54 Å². The summed E-state index contributed by atoms with van der Waals surface area (Å²) in [6, 6.07) is 3.79. The molecule has 0 spiro atoms. The molecule has 0 aromatic carbocycles. The Balaban J connectivity index is 2.56. The van der Waals surface area contributed by atoms with Crippen LogP contribution in [0.25, 0.3) is 0 Å². The molecule has 13 heavy (non-hydrogen) atoms. The molecule has 0 aliphatic rings. The van der Waals surface area contributed by atoms with Crippen LogP contribution < -0.4 is 10.6 Å². The third kappa shape index (κ3) is 3.29. The lowest BCUT2D eigenvalue weighted by atomic mass is 10.4. The summed E-state index contributed by atoms with van der Waals surface area (Å²) in [6.07, 6.45) is 1.73. The van der Waals surface area contributed by atoms with Crippen LogP contribution in [0.2, 0.25) is 0 Å². The summed E-state index contributed by atoms with van der Waals surface area (Å²) < 4.78 is 0. The van der Waals surface area contributed by atoms with Gasteiger partial charge in [0.05, 0.1) is 6.61 Å². The maximum absolute atomic E-state index is 8.61. The largest absolute Gasteiger partial charge is 0.395 e. The second-order valence-corrected chi connectivity index (χ2v) is 2.61. The normalized spacial score (nSPS) is 9.69. The average Bonchev–Trinajstić information content (AvgIpc) is 2.16. The minimum Gasteiger partial charge on any atom is -0.395 e. The first-order valence-electron chi connectivity index (χ1n) is 4.41. The lowest BCUT2D eigenvalue weighted by Gasteiger charge is -2.06. The van der Waals surface area contributed by atoms with Crippen molar-refractivity contribution in [2.24, 2.45) is 0 Å². The van der Waals surface area contributed by atoms with Gasteiger partial charge in [-0.05, 0) is 13.0 Å². The van der Waals surface area contributed by atoms with E-state index < -0.39 is 0 Å². The standard InChI is InChI=1S/C9H15N3O/c1-2-10-9-7-8(3-4-12-9)11-5-6-13/h3-4,7,13H,2,5-6H2,1H3,(H2,10,11,12). The van der Waals surface area contributed by atoms with Crippen LogP contribution in [0.3, 0.4) is 0 Å². The van der Waals surface area contributed by atoms with Gasteiger partial charge < -0.3 is 15.7 Å². The summed E-state index contributed by atoms with van der Waals surface area (Å²) in [5, 5.41) is 14.8. The zero-order valence-electron chi connectivity index (χ0n) is 7.75. The number of aliphatic hydroxyl groups is 1. The van der Waals surface area contributed by atoms with E-state index in [0.717, 1.165) is 18.1 Å². The molecule has 4 heteroatoms. The SMILES string of the molecule is CCNc1cc(NCCO)ccn1. The van der Waals surface area contributed by atoms with Gasteiger partial charge >= 0.3 is 0 Å². The smallest absolute Gasteiger partial charge is 0.127 e. The molecule has 1 heterocycles. The van der Waals surface area contributed by atoms with Crippen molar-refractivity contribution >= 4 is 11.5 Å². The molecule has 0 saturated heterocycles. The molecular formula is C9H15N3O. The molecule has 0 fully saturated rings. The van der Waals surface area contributed by atoms with Gasteiger partial charge in [-0.1, -0.05) is 0 Å². The van der Waals surface area contributed by atoms with E-state index in [1.807, 2.05) is 19.1 Å². The molecule has 0 bridgehead atoms. The number of nitrogens with one attached hydrogen (secondary N) is 2. The van der Waals surface area contributed by atoms with Crippen molar-refractivity contribution < 1.29 is 5.11 Å². The van der Waals surface area contributed by atoms with Crippen LogP contribution in [0.1, 0.15) is 6.92 Å². The molecule has 1 aromatic rings. The van der Waals surface area contributed by atoms with E-state index >= 15 is 0 Å². The van der Waals surface area contributed by atoms with E-state index in [1.165, 1.54) is 0 Å². The highest BCUT2D eigenvalue weighted by molar-refractivity contribution is 5.51. The molecule has 1 rings (SSSR count). The number of pyridine rings is 1. The summed E-state index contributed by atoms with van der Waals surface area (Å²) in [4.78, 5) is 4.12. The Bertz CT molecular complexity index is 252. The van der Waals surface area contributed by atoms with Crippen molar-refractivity contribution in [3.8, 4) is 0 Å². The zero-order valence-corrected chi connectivity index (χ0v) is 7.75. The summed E-state index contributed by atoms with van der Waals surface area (Å²) in [5.41, 5.74) is 0.972. The number of hydrogen-bond donors (Lipinski definition) is 3. The van der Waals surface area contributed by atoms with Crippen molar-refractivity contribution in [3.05, 3.63) is 18.3 Å². The first kappa shape index (κ1) is 9.80. The Morgan fingerprint density at radius 3 is 3.00 bits per heavy atom. The topological polar surface area (TPSA) is 57.2 Å². The van der Waals surface area contributed by atoms with Crippen LogP contribution in [0.15, 0.2) is 18.3 Å². The molecule has 0 aliphatic carbocycles. The summed E-state index contributed by atoms with van der Waals surface area (Å²) >= 11 is 0. The summed E-state index contributed by atoms with van der Waals surface area (Å²) in [5.74, 6) is 0.852. The molecule has 0 unspecified atom stereocenters. The second-order valence-electron chi connectivity index (χ2n) is 2.61. The Kier molecular flexibility index (Phi) is 4.05. The van der Waals surface area contributed by atoms with Crippen molar-refractivity contribution in [3.63, 3.8) is 0 Å². The van der Waals surface area contributed by atoms with Gasteiger partial charge in [-0.15, -0.1) is 0 Å². The first-order chi connectivity index (χ1) is 6.36.